The molecule has 0 aliphatic carbocycles. The van der Waals surface area contributed by atoms with Crippen LogP contribution in [0.1, 0.15) is 16.7 Å². The van der Waals surface area contributed by atoms with Crippen LogP contribution in [0.4, 0.5) is 5.69 Å². The summed E-state index contributed by atoms with van der Waals surface area (Å²) in [6.45, 7) is 1.18. The molecule has 43 heavy (non-hydrogen) atoms. The molecule has 7 nitrogen and oxygen atoms in total. The quantitative estimate of drug-likeness (QED) is 0.198. The van der Waals surface area contributed by atoms with Crippen molar-refractivity contribution >= 4 is 62.3 Å². The maximum atomic E-state index is 14.3. The number of aryl methyl sites for hydroxylation is 1. The highest BCUT2D eigenvalue weighted by molar-refractivity contribution is 7.92. The Hall–Kier alpha value is -3.56. The van der Waals surface area contributed by atoms with Crippen LogP contribution in [-0.4, -0.2) is 44.8 Å². The Morgan fingerprint density at radius 3 is 2.14 bits per heavy atom. The lowest BCUT2D eigenvalue weighted by atomic mass is 10.0. The largest absolute Gasteiger partial charge is 0.357 e. The number of nitrogens with zero attached hydrogens (tertiary/aromatic N) is 2. The minimum atomic E-state index is -4.23. The third-order valence-electron chi connectivity index (χ3n) is 6.84. The maximum Gasteiger partial charge on any atom is 0.264 e. The van der Waals surface area contributed by atoms with Gasteiger partial charge in [-0.1, -0.05) is 83.3 Å². The van der Waals surface area contributed by atoms with Crippen molar-refractivity contribution in [2.24, 2.45) is 0 Å². The lowest BCUT2D eigenvalue weighted by Crippen LogP contribution is -2.53. The number of carbonyl (C=O) groups excluding carboxylic acids is 2. The fourth-order valence-corrected chi connectivity index (χ4v) is 6.60. The number of carbonyl (C=O) groups is 2. The predicted molar refractivity (Wildman–Crippen MR) is 172 cm³/mol. The Labute approximate surface area is 267 Å². The molecule has 0 saturated heterocycles. The van der Waals surface area contributed by atoms with E-state index in [2.05, 4.69) is 5.32 Å². The van der Waals surface area contributed by atoms with Crippen LogP contribution < -0.4 is 9.62 Å². The first kappa shape index (κ1) is 32.4. The second-order valence-corrected chi connectivity index (χ2v) is 13.0. The van der Waals surface area contributed by atoms with E-state index in [-0.39, 0.29) is 17.9 Å². The molecule has 4 aromatic carbocycles. The Kier molecular flexibility index (Phi) is 10.7. The molecule has 2 amide bonds. The summed E-state index contributed by atoms with van der Waals surface area (Å²) in [6, 6.07) is 25.7. The maximum absolute atomic E-state index is 14.3. The fraction of sp³-hybridized carbons (Fsp3) is 0.188. The van der Waals surface area contributed by atoms with Crippen LogP contribution in [0, 0.1) is 6.92 Å². The van der Waals surface area contributed by atoms with E-state index in [0.29, 0.717) is 26.3 Å². The van der Waals surface area contributed by atoms with Crippen LogP contribution in [-0.2, 0) is 32.6 Å². The van der Waals surface area contributed by atoms with Gasteiger partial charge in [0.15, 0.2) is 0 Å². The molecule has 0 bridgehead atoms. The number of amides is 2. The van der Waals surface area contributed by atoms with Crippen molar-refractivity contribution in [2.75, 3.05) is 17.9 Å². The lowest BCUT2D eigenvalue weighted by molar-refractivity contribution is -0.139. The van der Waals surface area contributed by atoms with Gasteiger partial charge in [0.05, 0.1) is 10.6 Å². The summed E-state index contributed by atoms with van der Waals surface area (Å²) in [5, 5.41) is 3.75. The third kappa shape index (κ3) is 8.09. The molecule has 1 atom stereocenters. The molecule has 0 aliphatic heterocycles. The second kappa shape index (κ2) is 14.3. The molecule has 0 heterocycles. The first-order valence-electron chi connectivity index (χ1n) is 13.3. The van der Waals surface area contributed by atoms with Crippen molar-refractivity contribution in [3.8, 4) is 0 Å². The van der Waals surface area contributed by atoms with Gasteiger partial charge >= 0.3 is 0 Å². The number of hydrogen-bond acceptors (Lipinski definition) is 4. The standard InChI is InChI=1S/C32H30Cl3N3O4S/c1-22-7-6-10-27(17-22)38(43(41,42)28-15-13-25(33)14-16-28)21-31(39)37(20-24-11-12-26(34)19-29(24)35)30(32(40)36-2)18-23-8-4-3-5-9-23/h3-17,19,30H,18,20-21H2,1-2H3,(H,36,40)/t30-/m1/s1. The highest BCUT2D eigenvalue weighted by atomic mass is 35.5. The second-order valence-electron chi connectivity index (χ2n) is 9.88. The van der Waals surface area contributed by atoms with Crippen molar-refractivity contribution in [3.05, 3.63) is 129 Å². The van der Waals surface area contributed by atoms with Gasteiger partial charge in [0.2, 0.25) is 11.8 Å². The van der Waals surface area contributed by atoms with Crippen LogP contribution in [0.15, 0.2) is 102 Å². The Morgan fingerprint density at radius 2 is 1.51 bits per heavy atom. The van der Waals surface area contributed by atoms with Crippen molar-refractivity contribution in [1.82, 2.24) is 10.2 Å². The van der Waals surface area contributed by atoms with E-state index in [1.807, 2.05) is 43.3 Å². The molecule has 0 saturated carbocycles. The average molecular weight is 659 g/mol. The minimum Gasteiger partial charge on any atom is -0.357 e. The monoisotopic (exact) mass is 657 g/mol. The number of halogens is 3. The molecule has 0 fully saturated rings. The molecule has 11 heteroatoms. The summed E-state index contributed by atoms with van der Waals surface area (Å²) in [7, 11) is -2.74. The van der Waals surface area contributed by atoms with Gasteiger partial charge in [-0.2, -0.15) is 0 Å². The van der Waals surface area contributed by atoms with E-state index < -0.39 is 34.4 Å². The normalized spacial score (nSPS) is 11.9. The summed E-state index contributed by atoms with van der Waals surface area (Å²) in [5.41, 5.74) is 2.47. The molecule has 0 aromatic heterocycles. The Bertz CT molecular complexity index is 1700. The molecule has 4 aromatic rings. The van der Waals surface area contributed by atoms with Crippen LogP contribution >= 0.6 is 34.8 Å². The lowest BCUT2D eigenvalue weighted by Gasteiger charge is -2.34. The van der Waals surface area contributed by atoms with Gasteiger partial charge < -0.3 is 10.2 Å². The molecule has 1 N–H and O–H groups in total. The van der Waals surface area contributed by atoms with Gasteiger partial charge in [-0.3, -0.25) is 13.9 Å². The van der Waals surface area contributed by atoms with Gasteiger partial charge in [0, 0.05) is 35.1 Å². The van der Waals surface area contributed by atoms with E-state index >= 15 is 0 Å². The zero-order chi connectivity index (χ0) is 31.1. The first-order valence-corrected chi connectivity index (χ1v) is 15.9. The van der Waals surface area contributed by atoms with Crippen LogP contribution in [0.3, 0.4) is 0 Å². The van der Waals surface area contributed by atoms with Gasteiger partial charge in [0.25, 0.3) is 10.0 Å². The molecule has 4 rings (SSSR count). The summed E-state index contributed by atoms with van der Waals surface area (Å²) >= 11 is 18.6. The van der Waals surface area contributed by atoms with Gasteiger partial charge in [0.1, 0.15) is 12.6 Å². The minimum absolute atomic E-state index is 0.0364. The SMILES string of the molecule is CNC(=O)[C@@H](Cc1ccccc1)N(Cc1ccc(Cl)cc1Cl)C(=O)CN(c1cccc(C)c1)S(=O)(=O)c1ccc(Cl)cc1. The summed E-state index contributed by atoms with van der Waals surface area (Å²) in [4.78, 5) is 29.0. The van der Waals surface area contributed by atoms with Crippen LogP contribution in [0.25, 0.3) is 0 Å². The average Bonchev–Trinajstić information content (AvgIpc) is 2.98. The summed E-state index contributed by atoms with van der Waals surface area (Å²) < 4.78 is 29.1. The van der Waals surface area contributed by atoms with E-state index in [1.54, 1.807) is 36.4 Å². The molecular formula is C32H30Cl3N3O4S. The zero-order valence-electron chi connectivity index (χ0n) is 23.5. The van der Waals surface area contributed by atoms with Crippen molar-refractivity contribution in [3.63, 3.8) is 0 Å². The number of hydrogen-bond donors (Lipinski definition) is 1. The number of rotatable bonds is 11. The van der Waals surface area contributed by atoms with Crippen molar-refractivity contribution in [1.29, 1.82) is 0 Å². The number of sulfonamides is 1. The number of likely N-dealkylation sites (N-methyl/N-ethyl adjacent to an activating group) is 1. The Balaban J connectivity index is 1.81. The Morgan fingerprint density at radius 1 is 0.837 bits per heavy atom. The van der Waals surface area contributed by atoms with E-state index in [1.165, 1.54) is 36.2 Å². The smallest absolute Gasteiger partial charge is 0.264 e. The third-order valence-corrected chi connectivity index (χ3v) is 9.47. The zero-order valence-corrected chi connectivity index (χ0v) is 26.6. The molecule has 224 valence electrons. The fourth-order valence-electron chi connectivity index (χ4n) is 4.60. The van der Waals surface area contributed by atoms with Gasteiger partial charge in [-0.25, -0.2) is 8.42 Å². The molecule has 0 radical (unpaired) electrons. The molecular weight excluding hydrogens is 629 g/mol. The highest BCUT2D eigenvalue weighted by Crippen LogP contribution is 2.28. The molecule has 0 unspecified atom stereocenters. The van der Waals surface area contributed by atoms with Crippen LogP contribution in [0.5, 0.6) is 0 Å². The summed E-state index contributed by atoms with van der Waals surface area (Å²) in [6.07, 6.45) is 0.186. The van der Waals surface area contributed by atoms with Gasteiger partial charge in [-0.15, -0.1) is 0 Å². The summed E-state index contributed by atoms with van der Waals surface area (Å²) in [5.74, 6) is -1.01. The number of anilines is 1. The first-order chi connectivity index (χ1) is 20.5. The molecule has 0 aliphatic rings. The number of nitrogens with one attached hydrogen (secondary N) is 1. The van der Waals surface area contributed by atoms with Crippen LogP contribution in [0.2, 0.25) is 15.1 Å². The van der Waals surface area contributed by atoms with Crippen molar-refractivity contribution in [2.45, 2.75) is 30.8 Å². The van der Waals surface area contributed by atoms with E-state index in [9.17, 15) is 18.0 Å². The topological polar surface area (TPSA) is 86.8 Å². The number of benzene rings is 4. The molecule has 0 spiro atoms. The van der Waals surface area contributed by atoms with E-state index in [0.717, 1.165) is 15.4 Å². The highest BCUT2D eigenvalue weighted by Gasteiger charge is 2.34. The van der Waals surface area contributed by atoms with Gasteiger partial charge in [-0.05, 0) is 72.1 Å². The predicted octanol–water partition coefficient (Wildman–Crippen LogP) is 6.54. The van der Waals surface area contributed by atoms with Crippen molar-refractivity contribution < 1.29 is 18.0 Å². The van der Waals surface area contributed by atoms with E-state index in [4.69, 9.17) is 34.8 Å².